The van der Waals surface area contributed by atoms with Crippen LogP contribution in [0, 0.1) is 0 Å². The Balaban J connectivity index is 2.10. The lowest BCUT2D eigenvalue weighted by atomic mass is 9.91. The summed E-state index contributed by atoms with van der Waals surface area (Å²) >= 11 is 0. The monoisotopic (exact) mass is 222 g/mol. The van der Waals surface area contributed by atoms with E-state index in [9.17, 15) is 0 Å². The van der Waals surface area contributed by atoms with Crippen LogP contribution in [0.4, 0.5) is 0 Å². The van der Waals surface area contributed by atoms with Crippen LogP contribution in [-0.2, 0) is 0 Å². The zero-order valence-corrected chi connectivity index (χ0v) is 10.2. The number of fused-ring (bicyclic) bond motifs is 1. The SMILES string of the molecule is C1=C2CCC/C=C\C(c3ccccc3)=C/2CC1. The molecule has 0 heteroatoms. The second kappa shape index (κ2) is 4.75. The Morgan fingerprint density at radius 1 is 0.882 bits per heavy atom. The van der Waals surface area contributed by atoms with Crippen LogP contribution in [-0.4, -0.2) is 0 Å². The van der Waals surface area contributed by atoms with E-state index in [1.54, 1.807) is 11.1 Å². The molecule has 2 aliphatic rings. The normalized spacial score (nSPS) is 25.8. The molecule has 86 valence electrons. The molecular formula is C17H18. The summed E-state index contributed by atoms with van der Waals surface area (Å²) in [6.45, 7) is 0. The van der Waals surface area contributed by atoms with E-state index in [-0.39, 0.29) is 0 Å². The highest BCUT2D eigenvalue weighted by molar-refractivity contribution is 5.80. The van der Waals surface area contributed by atoms with E-state index in [0.717, 1.165) is 0 Å². The molecule has 0 aliphatic heterocycles. The van der Waals surface area contributed by atoms with Crippen LogP contribution >= 0.6 is 0 Å². The molecule has 0 N–H and O–H groups in total. The molecule has 2 aliphatic carbocycles. The molecule has 0 radical (unpaired) electrons. The smallest absolute Gasteiger partial charge is 0.0152 e. The maximum Gasteiger partial charge on any atom is -0.0152 e. The van der Waals surface area contributed by atoms with Gasteiger partial charge in [0.2, 0.25) is 0 Å². The van der Waals surface area contributed by atoms with Crippen molar-refractivity contribution in [3.8, 4) is 0 Å². The topological polar surface area (TPSA) is 0 Å². The summed E-state index contributed by atoms with van der Waals surface area (Å²) < 4.78 is 0. The summed E-state index contributed by atoms with van der Waals surface area (Å²) in [5.41, 5.74) is 6.02. The van der Waals surface area contributed by atoms with Crippen molar-refractivity contribution in [1.29, 1.82) is 0 Å². The minimum absolute atomic E-state index is 1.21. The predicted molar refractivity (Wildman–Crippen MR) is 73.7 cm³/mol. The third-order valence-corrected chi connectivity index (χ3v) is 3.68. The maximum absolute atomic E-state index is 2.44. The van der Waals surface area contributed by atoms with Crippen LogP contribution < -0.4 is 0 Å². The van der Waals surface area contributed by atoms with Crippen molar-refractivity contribution in [2.75, 3.05) is 0 Å². The highest BCUT2D eigenvalue weighted by Gasteiger charge is 2.16. The van der Waals surface area contributed by atoms with E-state index in [0.29, 0.717) is 0 Å². The molecular weight excluding hydrogens is 204 g/mol. The van der Waals surface area contributed by atoms with Crippen LogP contribution in [0.5, 0.6) is 0 Å². The Kier molecular flexibility index (Phi) is 2.96. The van der Waals surface area contributed by atoms with Gasteiger partial charge < -0.3 is 0 Å². The van der Waals surface area contributed by atoms with Crippen LogP contribution in [0.3, 0.4) is 0 Å². The summed E-state index contributed by atoms with van der Waals surface area (Å²) in [6.07, 6.45) is 13.3. The van der Waals surface area contributed by atoms with E-state index in [1.165, 1.54) is 43.2 Å². The lowest BCUT2D eigenvalue weighted by Gasteiger charge is -2.14. The van der Waals surface area contributed by atoms with Gasteiger partial charge in [-0.25, -0.2) is 0 Å². The minimum atomic E-state index is 1.21. The molecule has 0 heterocycles. The first-order valence-corrected chi connectivity index (χ1v) is 6.59. The average molecular weight is 222 g/mol. The summed E-state index contributed by atoms with van der Waals surface area (Å²) in [4.78, 5) is 0. The molecule has 0 fully saturated rings. The summed E-state index contributed by atoms with van der Waals surface area (Å²) in [6, 6.07) is 10.8. The van der Waals surface area contributed by atoms with Crippen molar-refractivity contribution >= 4 is 5.57 Å². The van der Waals surface area contributed by atoms with Gasteiger partial charge in [0.05, 0.1) is 0 Å². The standard InChI is InChI=1S/C17H18/c1-3-8-14(9-4-1)16-12-6-2-5-10-15-11-7-13-17(15)16/h1,3-4,6,8-9,11-12H,2,5,7,10,13H2/b12-6-,17-16+. The van der Waals surface area contributed by atoms with E-state index in [1.807, 2.05) is 0 Å². The van der Waals surface area contributed by atoms with Crippen molar-refractivity contribution in [3.63, 3.8) is 0 Å². The van der Waals surface area contributed by atoms with E-state index in [4.69, 9.17) is 0 Å². The fourth-order valence-corrected chi connectivity index (χ4v) is 2.84. The minimum Gasteiger partial charge on any atom is -0.0839 e. The number of allylic oxidation sites excluding steroid dienone is 6. The number of rotatable bonds is 1. The Bertz CT molecular complexity index is 486. The Morgan fingerprint density at radius 3 is 2.65 bits per heavy atom. The molecule has 0 atom stereocenters. The second-order valence-corrected chi connectivity index (χ2v) is 4.82. The van der Waals surface area contributed by atoms with Crippen molar-refractivity contribution in [3.05, 3.63) is 65.3 Å². The Morgan fingerprint density at radius 2 is 1.76 bits per heavy atom. The molecule has 0 saturated heterocycles. The molecule has 0 amide bonds. The van der Waals surface area contributed by atoms with E-state index >= 15 is 0 Å². The maximum atomic E-state index is 2.44. The first-order chi connectivity index (χ1) is 8.45. The molecule has 0 nitrogen and oxygen atoms in total. The van der Waals surface area contributed by atoms with Gasteiger partial charge in [-0.2, -0.15) is 0 Å². The number of benzene rings is 1. The van der Waals surface area contributed by atoms with Crippen molar-refractivity contribution in [2.24, 2.45) is 0 Å². The van der Waals surface area contributed by atoms with Gasteiger partial charge in [-0.1, -0.05) is 48.6 Å². The second-order valence-electron chi connectivity index (χ2n) is 4.82. The predicted octanol–water partition coefficient (Wildman–Crippen LogP) is 4.90. The molecule has 0 spiro atoms. The first kappa shape index (κ1) is 10.6. The van der Waals surface area contributed by atoms with Crippen LogP contribution in [0.2, 0.25) is 0 Å². The molecule has 0 unspecified atom stereocenters. The average Bonchev–Trinajstić information content (AvgIpc) is 2.78. The van der Waals surface area contributed by atoms with Gasteiger partial charge in [-0.15, -0.1) is 0 Å². The van der Waals surface area contributed by atoms with Gasteiger partial charge in [0.25, 0.3) is 0 Å². The lowest BCUT2D eigenvalue weighted by Crippen LogP contribution is -1.94. The van der Waals surface area contributed by atoms with E-state index in [2.05, 4.69) is 48.6 Å². The van der Waals surface area contributed by atoms with Crippen molar-refractivity contribution < 1.29 is 0 Å². The van der Waals surface area contributed by atoms with E-state index < -0.39 is 0 Å². The van der Waals surface area contributed by atoms with Gasteiger partial charge in [-0.05, 0) is 54.4 Å². The highest BCUT2D eigenvalue weighted by Crippen LogP contribution is 2.37. The van der Waals surface area contributed by atoms with Gasteiger partial charge in [0, 0.05) is 0 Å². The van der Waals surface area contributed by atoms with Crippen LogP contribution in [0.25, 0.3) is 5.57 Å². The van der Waals surface area contributed by atoms with Gasteiger partial charge in [0.15, 0.2) is 0 Å². The molecule has 0 bridgehead atoms. The Labute approximate surface area is 103 Å². The zero-order valence-electron chi connectivity index (χ0n) is 10.2. The summed E-state index contributed by atoms with van der Waals surface area (Å²) in [5, 5.41) is 0. The fourth-order valence-electron chi connectivity index (χ4n) is 2.84. The summed E-state index contributed by atoms with van der Waals surface area (Å²) in [7, 11) is 0. The van der Waals surface area contributed by atoms with Crippen molar-refractivity contribution in [1.82, 2.24) is 0 Å². The van der Waals surface area contributed by atoms with Gasteiger partial charge in [-0.3, -0.25) is 0 Å². The Hall–Kier alpha value is -1.56. The van der Waals surface area contributed by atoms with Crippen LogP contribution in [0.1, 0.15) is 37.7 Å². The van der Waals surface area contributed by atoms with Crippen LogP contribution in [0.15, 0.2) is 59.7 Å². The molecule has 1 aromatic rings. The third kappa shape index (κ3) is 2.12. The summed E-state index contributed by atoms with van der Waals surface area (Å²) in [5.74, 6) is 0. The molecule has 1 aromatic carbocycles. The fraction of sp³-hybridized carbons (Fsp3) is 0.294. The molecule has 0 saturated carbocycles. The van der Waals surface area contributed by atoms with Crippen molar-refractivity contribution in [2.45, 2.75) is 32.1 Å². The lowest BCUT2D eigenvalue weighted by molar-refractivity contribution is 0.836. The third-order valence-electron chi connectivity index (χ3n) is 3.68. The molecule has 0 aromatic heterocycles. The first-order valence-electron chi connectivity index (χ1n) is 6.59. The largest absolute Gasteiger partial charge is 0.0839 e. The molecule has 3 rings (SSSR count). The zero-order chi connectivity index (χ0) is 11.5. The number of hydrogen-bond donors (Lipinski definition) is 0. The number of hydrogen-bond acceptors (Lipinski definition) is 0. The van der Waals surface area contributed by atoms with Gasteiger partial charge in [0.1, 0.15) is 0 Å². The highest BCUT2D eigenvalue weighted by atomic mass is 14.2. The molecule has 17 heavy (non-hydrogen) atoms. The quantitative estimate of drug-likeness (QED) is 0.634. The van der Waals surface area contributed by atoms with Gasteiger partial charge >= 0.3 is 0 Å².